The second-order valence-corrected chi connectivity index (χ2v) is 5.68. The Hall–Kier alpha value is -1.68. The number of carbonyl (C=O) groups is 1. The SMILES string of the molecule is Cc1cc(F)cc(C(=O)NC(CBr)Cc2ccccc2)c1. The summed E-state index contributed by atoms with van der Waals surface area (Å²) >= 11 is 3.41. The van der Waals surface area contributed by atoms with E-state index in [9.17, 15) is 9.18 Å². The van der Waals surface area contributed by atoms with Gasteiger partial charge in [0.05, 0.1) is 0 Å². The lowest BCUT2D eigenvalue weighted by Crippen LogP contribution is -2.37. The number of rotatable bonds is 5. The lowest BCUT2D eigenvalue weighted by molar-refractivity contribution is 0.0940. The number of benzene rings is 2. The predicted octanol–water partition coefficient (Wildman–Crippen LogP) is 3.87. The molecule has 0 aromatic heterocycles. The van der Waals surface area contributed by atoms with Crippen LogP contribution >= 0.6 is 15.9 Å². The molecule has 0 aliphatic heterocycles. The fraction of sp³-hybridized carbons (Fsp3) is 0.235. The molecule has 1 amide bonds. The molecule has 0 radical (unpaired) electrons. The van der Waals surface area contributed by atoms with Crippen molar-refractivity contribution >= 4 is 21.8 Å². The van der Waals surface area contributed by atoms with E-state index in [1.54, 1.807) is 13.0 Å². The van der Waals surface area contributed by atoms with Crippen molar-refractivity contribution in [3.63, 3.8) is 0 Å². The zero-order valence-corrected chi connectivity index (χ0v) is 13.4. The van der Waals surface area contributed by atoms with Gasteiger partial charge in [-0.05, 0) is 42.7 Å². The fourth-order valence-corrected chi connectivity index (χ4v) is 2.57. The third kappa shape index (κ3) is 4.67. The summed E-state index contributed by atoms with van der Waals surface area (Å²) in [6, 6.07) is 14.3. The maximum absolute atomic E-state index is 13.4. The van der Waals surface area contributed by atoms with Crippen LogP contribution in [0.15, 0.2) is 48.5 Å². The molecule has 0 saturated carbocycles. The highest BCUT2D eigenvalue weighted by Gasteiger charge is 2.14. The van der Waals surface area contributed by atoms with Gasteiger partial charge in [-0.15, -0.1) is 0 Å². The van der Waals surface area contributed by atoms with Crippen LogP contribution in [0, 0.1) is 12.7 Å². The molecule has 0 heterocycles. The standard InChI is InChI=1S/C17H17BrFNO/c1-12-7-14(10-15(19)8-12)17(21)20-16(11-18)9-13-5-3-2-4-6-13/h2-8,10,16H,9,11H2,1H3,(H,20,21). The normalized spacial score (nSPS) is 12.0. The fourth-order valence-electron chi connectivity index (χ4n) is 2.18. The van der Waals surface area contributed by atoms with E-state index in [-0.39, 0.29) is 11.9 Å². The molecule has 1 atom stereocenters. The highest BCUT2D eigenvalue weighted by atomic mass is 79.9. The predicted molar refractivity (Wildman–Crippen MR) is 86.3 cm³/mol. The van der Waals surface area contributed by atoms with Crippen LogP contribution in [-0.4, -0.2) is 17.3 Å². The minimum Gasteiger partial charge on any atom is -0.348 e. The Kier molecular flexibility index (Phi) is 5.51. The molecule has 0 aliphatic rings. The van der Waals surface area contributed by atoms with E-state index < -0.39 is 5.82 Å². The molecule has 2 aromatic rings. The number of alkyl halides is 1. The first-order valence-corrected chi connectivity index (χ1v) is 7.88. The van der Waals surface area contributed by atoms with Crippen molar-refractivity contribution in [1.82, 2.24) is 5.32 Å². The number of nitrogens with one attached hydrogen (secondary N) is 1. The van der Waals surface area contributed by atoms with E-state index in [0.717, 1.165) is 17.5 Å². The quantitative estimate of drug-likeness (QED) is 0.815. The summed E-state index contributed by atoms with van der Waals surface area (Å²) in [6.45, 7) is 1.77. The average Bonchev–Trinajstić information content (AvgIpc) is 2.46. The highest BCUT2D eigenvalue weighted by molar-refractivity contribution is 9.09. The van der Waals surface area contributed by atoms with E-state index in [4.69, 9.17) is 0 Å². The summed E-state index contributed by atoms with van der Waals surface area (Å²) in [6.07, 6.45) is 0.728. The lowest BCUT2D eigenvalue weighted by atomic mass is 10.1. The van der Waals surface area contributed by atoms with Crippen molar-refractivity contribution in [2.75, 3.05) is 5.33 Å². The lowest BCUT2D eigenvalue weighted by Gasteiger charge is -2.16. The molecule has 2 aromatic carbocycles. The Morgan fingerprint density at radius 2 is 1.95 bits per heavy atom. The smallest absolute Gasteiger partial charge is 0.251 e. The van der Waals surface area contributed by atoms with Gasteiger partial charge in [0, 0.05) is 16.9 Å². The van der Waals surface area contributed by atoms with Gasteiger partial charge in [0.25, 0.3) is 5.91 Å². The molecular formula is C17H17BrFNO. The van der Waals surface area contributed by atoms with Crippen LogP contribution in [0.4, 0.5) is 4.39 Å². The molecule has 0 saturated heterocycles. The van der Waals surface area contributed by atoms with Crippen LogP contribution in [-0.2, 0) is 6.42 Å². The van der Waals surface area contributed by atoms with E-state index in [1.807, 2.05) is 30.3 Å². The van der Waals surface area contributed by atoms with Gasteiger partial charge in [-0.2, -0.15) is 0 Å². The van der Waals surface area contributed by atoms with Crippen LogP contribution in [0.25, 0.3) is 0 Å². The summed E-state index contributed by atoms with van der Waals surface area (Å²) in [5.41, 5.74) is 2.24. The summed E-state index contributed by atoms with van der Waals surface area (Å²) in [5.74, 6) is -0.642. The first-order chi connectivity index (χ1) is 10.1. The molecule has 0 bridgehead atoms. The molecule has 2 nitrogen and oxygen atoms in total. The van der Waals surface area contributed by atoms with Crippen molar-refractivity contribution < 1.29 is 9.18 Å². The largest absolute Gasteiger partial charge is 0.348 e. The van der Waals surface area contributed by atoms with Gasteiger partial charge in [-0.1, -0.05) is 46.3 Å². The Morgan fingerprint density at radius 1 is 1.24 bits per heavy atom. The molecule has 4 heteroatoms. The third-order valence-corrected chi connectivity index (χ3v) is 3.93. The molecule has 0 fully saturated rings. The zero-order valence-electron chi connectivity index (χ0n) is 11.8. The van der Waals surface area contributed by atoms with Crippen molar-refractivity contribution in [3.8, 4) is 0 Å². The van der Waals surface area contributed by atoms with Gasteiger partial charge in [0.15, 0.2) is 0 Å². The van der Waals surface area contributed by atoms with Gasteiger partial charge in [0.1, 0.15) is 5.82 Å². The summed E-state index contributed by atoms with van der Waals surface area (Å²) in [4.78, 5) is 12.2. The molecule has 1 N–H and O–H groups in total. The van der Waals surface area contributed by atoms with E-state index >= 15 is 0 Å². The first kappa shape index (κ1) is 15.7. The van der Waals surface area contributed by atoms with Crippen molar-refractivity contribution in [3.05, 3.63) is 71.0 Å². The Morgan fingerprint density at radius 3 is 2.57 bits per heavy atom. The van der Waals surface area contributed by atoms with Crippen LogP contribution in [0.2, 0.25) is 0 Å². The number of hydrogen-bond donors (Lipinski definition) is 1. The molecular weight excluding hydrogens is 333 g/mol. The van der Waals surface area contributed by atoms with Gasteiger partial charge in [-0.3, -0.25) is 4.79 Å². The number of amides is 1. The molecule has 2 rings (SSSR count). The Balaban J connectivity index is 2.05. The molecule has 0 aliphatic carbocycles. The van der Waals surface area contributed by atoms with Crippen LogP contribution < -0.4 is 5.32 Å². The molecule has 1 unspecified atom stereocenters. The Bertz CT molecular complexity index is 595. The van der Waals surface area contributed by atoms with Gasteiger partial charge >= 0.3 is 0 Å². The maximum atomic E-state index is 13.4. The van der Waals surface area contributed by atoms with E-state index in [1.165, 1.54) is 12.1 Å². The average molecular weight is 350 g/mol. The van der Waals surface area contributed by atoms with Crippen molar-refractivity contribution in [1.29, 1.82) is 0 Å². The van der Waals surface area contributed by atoms with E-state index in [2.05, 4.69) is 21.2 Å². The van der Waals surface area contributed by atoms with Gasteiger partial charge in [0.2, 0.25) is 0 Å². The topological polar surface area (TPSA) is 29.1 Å². The van der Waals surface area contributed by atoms with Crippen molar-refractivity contribution in [2.24, 2.45) is 0 Å². The maximum Gasteiger partial charge on any atom is 0.251 e. The molecule has 110 valence electrons. The van der Waals surface area contributed by atoms with Crippen molar-refractivity contribution in [2.45, 2.75) is 19.4 Å². The number of halogens is 2. The molecule has 21 heavy (non-hydrogen) atoms. The monoisotopic (exact) mass is 349 g/mol. The van der Waals surface area contributed by atoms with Crippen LogP contribution in [0.1, 0.15) is 21.5 Å². The number of aryl methyl sites for hydroxylation is 1. The molecule has 0 spiro atoms. The van der Waals surface area contributed by atoms with Gasteiger partial charge < -0.3 is 5.32 Å². The van der Waals surface area contributed by atoms with Crippen LogP contribution in [0.5, 0.6) is 0 Å². The summed E-state index contributed by atoms with van der Waals surface area (Å²) in [5, 5.41) is 3.57. The first-order valence-electron chi connectivity index (χ1n) is 6.76. The van der Waals surface area contributed by atoms with Crippen LogP contribution in [0.3, 0.4) is 0 Å². The minimum absolute atomic E-state index is 0.0385. The minimum atomic E-state index is -0.390. The third-order valence-electron chi connectivity index (χ3n) is 3.15. The number of carbonyl (C=O) groups excluding carboxylic acids is 1. The summed E-state index contributed by atoms with van der Waals surface area (Å²) < 4.78 is 13.4. The highest BCUT2D eigenvalue weighted by Crippen LogP contribution is 2.10. The van der Waals surface area contributed by atoms with E-state index in [0.29, 0.717) is 10.9 Å². The number of hydrogen-bond acceptors (Lipinski definition) is 1. The zero-order chi connectivity index (χ0) is 15.2. The summed E-state index contributed by atoms with van der Waals surface area (Å²) in [7, 11) is 0. The second-order valence-electron chi connectivity index (χ2n) is 5.03. The van der Waals surface area contributed by atoms with Gasteiger partial charge in [-0.25, -0.2) is 4.39 Å². The second kappa shape index (κ2) is 7.36. The Labute approximate surface area is 132 Å².